The molecule has 2 aromatic carbocycles. The maximum absolute atomic E-state index is 12.3. The Morgan fingerprint density at radius 2 is 1.72 bits per heavy atom. The topological polar surface area (TPSA) is 69.7 Å². The van der Waals surface area contributed by atoms with E-state index in [1.807, 2.05) is 0 Å². The summed E-state index contributed by atoms with van der Waals surface area (Å²) in [6.45, 7) is 6.38. The second kappa shape index (κ2) is 9.89. The summed E-state index contributed by atoms with van der Waals surface area (Å²) in [6, 6.07) is 16.8. The SMILES string of the molecule is Cc1cccc(CN2CCN(C(=O)NCCCS(=O)(=O)c3ccccc3)CC2)c1. The molecule has 0 aromatic heterocycles. The third kappa shape index (κ3) is 6.30. The molecule has 0 radical (unpaired) electrons. The lowest BCUT2D eigenvalue weighted by molar-refractivity contribution is 0.135. The number of nitrogens with zero attached hydrogens (tertiary/aromatic N) is 2. The number of hydrogen-bond donors (Lipinski definition) is 1. The predicted octanol–water partition coefficient (Wildman–Crippen LogP) is 2.69. The minimum atomic E-state index is -3.29. The van der Waals surface area contributed by atoms with E-state index < -0.39 is 9.84 Å². The van der Waals surface area contributed by atoms with Gasteiger partial charge in [0.1, 0.15) is 0 Å². The number of sulfone groups is 1. The highest BCUT2D eigenvalue weighted by atomic mass is 32.2. The van der Waals surface area contributed by atoms with E-state index in [4.69, 9.17) is 0 Å². The van der Waals surface area contributed by atoms with Gasteiger partial charge < -0.3 is 10.2 Å². The summed E-state index contributed by atoms with van der Waals surface area (Å²) in [5.74, 6) is 0.0293. The molecule has 6 nitrogen and oxygen atoms in total. The zero-order valence-electron chi connectivity index (χ0n) is 16.9. The van der Waals surface area contributed by atoms with Crippen molar-refractivity contribution in [2.45, 2.75) is 24.8 Å². The Labute approximate surface area is 173 Å². The fourth-order valence-electron chi connectivity index (χ4n) is 3.49. The lowest BCUT2D eigenvalue weighted by Gasteiger charge is -2.34. The van der Waals surface area contributed by atoms with Gasteiger partial charge in [0.15, 0.2) is 9.84 Å². The Hall–Kier alpha value is -2.38. The molecule has 1 N–H and O–H groups in total. The molecule has 2 amide bonds. The zero-order valence-corrected chi connectivity index (χ0v) is 17.7. The van der Waals surface area contributed by atoms with Crippen LogP contribution in [0.5, 0.6) is 0 Å². The van der Waals surface area contributed by atoms with Gasteiger partial charge in [0.25, 0.3) is 0 Å². The van der Waals surface area contributed by atoms with Crippen molar-refractivity contribution in [3.05, 3.63) is 65.7 Å². The number of piperazine rings is 1. The van der Waals surface area contributed by atoms with E-state index in [1.54, 1.807) is 35.2 Å². The summed E-state index contributed by atoms with van der Waals surface area (Å²) in [4.78, 5) is 16.8. The van der Waals surface area contributed by atoms with Crippen LogP contribution < -0.4 is 5.32 Å². The third-order valence-corrected chi connectivity index (χ3v) is 6.93. The van der Waals surface area contributed by atoms with Crippen LogP contribution in [0.3, 0.4) is 0 Å². The van der Waals surface area contributed by atoms with Crippen LogP contribution in [0, 0.1) is 6.92 Å². The fourth-order valence-corrected chi connectivity index (χ4v) is 4.82. The molecule has 0 atom stereocenters. The first-order valence-corrected chi connectivity index (χ1v) is 11.7. The van der Waals surface area contributed by atoms with E-state index in [0.29, 0.717) is 31.0 Å². The molecule has 0 unspecified atom stereocenters. The maximum atomic E-state index is 12.3. The standard InChI is InChI=1S/C22H29N3O3S/c1-19-7-5-8-20(17-19)18-24-12-14-25(15-13-24)22(26)23-11-6-16-29(27,28)21-9-3-2-4-10-21/h2-5,7-10,17H,6,11-16,18H2,1H3,(H,23,26). The van der Waals surface area contributed by atoms with Gasteiger partial charge in [-0.05, 0) is 31.0 Å². The minimum absolute atomic E-state index is 0.0293. The van der Waals surface area contributed by atoms with Gasteiger partial charge in [0.2, 0.25) is 0 Å². The average Bonchev–Trinajstić information content (AvgIpc) is 2.72. The van der Waals surface area contributed by atoms with Gasteiger partial charge >= 0.3 is 6.03 Å². The molecule has 1 heterocycles. The van der Waals surface area contributed by atoms with Crippen LogP contribution >= 0.6 is 0 Å². The molecule has 0 saturated carbocycles. The van der Waals surface area contributed by atoms with Crippen molar-refractivity contribution in [3.63, 3.8) is 0 Å². The number of urea groups is 1. The van der Waals surface area contributed by atoms with Crippen LogP contribution in [0.15, 0.2) is 59.5 Å². The normalized spacial score (nSPS) is 15.3. The van der Waals surface area contributed by atoms with Crippen molar-refractivity contribution >= 4 is 15.9 Å². The van der Waals surface area contributed by atoms with E-state index in [-0.39, 0.29) is 11.8 Å². The molecule has 1 fully saturated rings. The Morgan fingerprint density at radius 1 is 1.00 bits per heavy atom. The molecule has 7 heteroatoms. The number of amides is 2. The molecule has 0 bridgehead atoms. The Kier molecular flexibility index (Phi) is 7.28. The molecule has 0 aliphatic carbocycles. The molecule has 29 heavy (non-hydrogen) atoms. The van der Waals surface area contributed by atoms with Crippen molar-refractivity contribution < 1.29 is 13.2 Å². The average molecular weight is 416 g/mol. The van der Waals surface area contributed by atoms with E-state index >= 15 is 0 Å². The quantitative estimate of drug-likeness (QED) is 0.706. The van der Waals surface area contributed by atoms with Gasteiger partial charge in [-0.15, -0.1) is 0 Å². The molecule has 0 spiro atoms. The first kappa shape index (κ1) is 21.3. The Bertz CT molecular complexity index is 908. The highest BCUT2D eigenvalue weighted by molar-refractivity contribution is 7.91. The molecule has 1 saturated heterocycles. The van der Waals surface area contributed by atoms with Crippen LogP contribution in [-0.4, -0.2) is 62.7 Å². The largest absolute Gasteiger partial charge is 0.338 e. The van der Waals surface area contributed by atoms with Gasteiger partial charge in [-0.3, -0.25) is 4.90 Å². The van der Waals surface area contributed by atoms with Crippen molar-refractivity contribution in [2.24, 2.45) is 0 Å². The first-order chi connectivity index (χ1) is 13.9. The molecule has 156 valence electrons. The van der Waals surface area contributed by atoms with Gasteiger partial charge in [-0.2, -0.15) is 0 Å². The van der Waals surface area contributed by atoms with Crippen LogP contribution in [0.1, 0.15) is 17.5 Å². The number of carbonyl (C=O) groups is 1. The number of carbonyl (C=O) groups excluding carboxylic acids is 1. The summed E-state index contributed by atoms with van der Waals surface area (Å²) in [7, 11) is -3.29. The number of benzene rings is 2. The van der Waals surface area contributed by atoms with E-state index in [1.165, 1.54) is 11.1 Å². The minimum Gasteiger partial charge on any atom is -0.338 e. The predicted molar refractivity (Wildman–Crippen MR) is 115 cm³/mol. The monoisotopic (exact) mass is 415 g/mol. The maximum Gasteiger partial charge on any atom is 0.317 e. The second-order valence-corrected chi connectivity index (χ2v) is 9.58. The van der Waals surface area contributed by atoms with Gasteiger partial charge in [0.05, 0.1) is 10.6 Å². The molecular weight excluding hydrogens is 386 g/mol. The first-order valence-electron chi connectivity index (χ1n) is 10.0. The molecule has 2 aromatic rings. The number of hydrogen-bond acceptors (Lipinski definition) is 4. The van der Waals surface area contributed by atoms with E-state index in [2.05, 4.69) is 41.4 Å². The smallest absolute Gasteiger partial charge is 0.317 e. The third-order valence-electron chi connectivity index (χ3n) is 5.12. The summed E-state index contributed by atoms with van der Waals surface area (Å²) >= 11 is 0. The Balaban J connectivity index is 1.37. The second-order valence-electron chi connectivity index (χ2n) is 7.47. The van der Waals surface area contributed by atoms with E-state index in [0.717, 1.165) is 19.6 Å². The highest BCUT2D eigenvalue weighted by Crippen LogP contribution is 2.12. The van der Waals surface area contributed by atoms with E-state index in [9.17, 15) is 13.2 Å². The van der Waals surface area contributed by atoms with Crippen LogP contribution in [0.2, 0.25) is 0 Å². The number of aryl methyl sites for hydroxylation is 1. The molecule has 1 aliphatic heterocycles. The van der Waals surface area contributed by atoms with Gasteiger partial charge in [-0.1, -0.05) is 48.0 Å². The van der Waals surface area contributed by atoms with Gasteiger partial charge in [-0.25, -0.2) is 13.2 Å². The van der Waals surface area contributed by atoms with Gasteiger partial charge in [0, 0.05) is 39.3 Å². The number of rotatable bonds is 7. The summed E-state index contributed by atoms with van der Waals surface area (Å²) < 4.78 is 24.5. The fraction of sp³-hybridized carbons (Fsp3) is 0.409. The van der Waals surface area contributed by atoms with Crippen molar-refractivity contribution in [3.8, 4) is 0 Å². The van der Waals surface area contributed by atoms with Crippen molar-refractivity contribution in [1.29, 1.82) is 0 Å². The van der Waals surface area contributed by atoms with Crippen LogP contribution in [0.4, 0.5) is 4.79 Å². The van der Waals surface area contributed by atoms with Crippen molar-refractivity contribution in [1.82, 2.24) is 15.1 Å². The summed E-state index contributed by atoms with van der Waals surface area (Å²) in [6.07, 6.45) is 0.399. The van der Waals surface area contributed by atoms with Crippen LogP contribution in [0.25, 0.3) is 0 Å². The zero-order chi connectivity index (χ0) is 20.7. The molecular formula is C22H29N3O3S. The lowest BCUT2D eigenvalue weighted by atomic mass is 10.1. The highest BCUT2D eigenvalue weighted by Gasteiger charge is 2.21. The Morgan fingerprint density at radius 3 is 2.41 bits per heavy atom. The summed E-state index contributed by atoms with van der Waals surface area (Å²) in [5.41, 5.74) is 2.55. The lowest BCUT2D eigenvalue weighted by Crippen LogP contribution is -2.51. The van der Waals surface area contributed by atoms with Crippen LogP contribution in [-0.2, 0) is 16.4 Å². The summed E-state index contributed by atoms with van der Waals surface area (Å²) in [5, 5.41) is 2.85. The van der Waals surface area contributed by atoms with Crippen molar-refractivity contribution in [2.75, 3.05) is 38.5 Å². The number of nitrogens with one attached hydrogen (secondary N) is 1. The molecule has 1 aliphatic rings. The molecule has 3 rings (SSSR count).